The van der Waals surface area contributed by atoms with Crippen LogP contribution in [0.3, 0.4) is 0 Å². The molecule has 0 aromatic carbocycles. The Morgan fingerprint density at radius 2 is 2.17 bits per heavy atom. The molecule has 7 nitrogen and oxygen atoms in total. The van der Waals surface area contributed by atoms with Crippen LogP contribution in [0.4, 0.5) is 0 Å². The van der Waals surface area contributed by atoms with Crippen molar-refractivity contribution in [2.75, 3.05) is 0 Å². The molecule has 0 saturated heterocycles. The van der Waals surface area contributed by atoms with Crippen LogP contribution in [-0.4, -0.2) is 31.7 Å². The third-order valence-corrected chi connectivity index (χ3v) is 1.12. The minimum atomic E-state index is -1.38. The number of hydrogen-bond acceptors (Lipinski definition) is 4. The monoisotopic (exact) mass is 171 g/mol. The summed E-state index contributed by atoms with van der Waals surface area (Å²) in [7, 11) is 0. The smallest absolute Gasteiger partial charge is 0.373 e. The van der Waals surface area contributed by atoms with E-state index in [1.54, 1.807) is 0 Å². The number of hydrogen-bond donors (Lipinski definition) is 2. The second-order valence-corrected chi connectivity index (χ2v) is 2.01. The number of nitrogens with one attached hydrogen (secondary N) is 1. The summed E-state index contributed by atoms with van der Waals surface area (Å²) in [6.45, 7) is 1.11. The van der Waals surface area contributed by atoms with Gasteiger partial charge in [-0.3, -0.25) is 9.78 Å². The number of carbonyl (C=O) groups is 2. The molecule has 0 atom stereocenters. The van der Waals surface area contributed by atoms with Crippen LogP contribution in [0.25, 0.3) is 0 Å². The van der Waals surface area contributed by atoms with E-state index in [1.165, 1.54) is 0 Å². The Morgan fingerprint density at radius 1 is 1.58 bits per heavy atom. The van der Waals surface area contributed by atoms with Crippen molar-refractivity contribution in [3.05, 3.63) is 16.3 Å². The number of nitrogens with zero attached hydrogens (tertiary/aromatic N) is 2. The molecule has 0 fully saturated rings. The third kappa shape index (κ3) is 1.24. The molecule has 0 amide bonds. The quantitative estimate of drug-likeness (QED) is 0.559. The number of aromatic amines is 1. The van der Waals surface area contributed by atoms with Crippen LogP contribution in [0.5, 0.6) is 0 Å². The fourth-order valence-corrected chi connectivity index (χ4v) is 0.634. The molecule has 0 saturated carbocycles. The molecule has 64 valence electrons. The van der Waals surface area contributed by atoms with Gasteiger partial charge in [0.15, 0.2) is 0 Å². The molecule has 0 radical (unpaired) electrons. The SMILES string of the molecule is CC(=O)n1nc(C(=O)O)[nH]c1=O. The van der Waals surface area contributed by atoms with Gasteiger partial charge in [0, 0.05) is 6.92 Å². The number of carbonyl (C=O) groups excluding carboxylic acids is 1. The zero-order valence-electron chi connectivity index (χ0n) is 6.07. The van der Waals surface area contributed by atoms with Gasteiger partial charge < -0.3 is 5.11 Å². The van der Waals surface area contributed by atoms with Crippen LogP contribution >= 0.6 is 0 Å². The second kappa shape index (κ2) is 2.61. The molecule has 0 aliphatic heterocycles. The summed E-state index contributed by atoms with van der Waals surface area (Å²) in [5.74, 6) is -2.56. The molecule has 0 aliphatic rings. The van der Waals surface area contributed by atoms with Gasteiger partial charge in [0.2, 0.25) is 11.7 Å². The Bertz CT molecular complexity index is 388. The molecule has 12 heavy (non-hydrogen) atoms. The highest BCUT2D eigenvalue weighted by Gasteiger charge is 2.12. The van der Waals surface area contributed by atoms with E-state index < -0.39 is 23.4 Å². The summed E-state index contributed by atoms with van der Waals surface area (Å²) < 4.78 is 0.448. The van der Waals surface area contributed by atoms with Crippen LogP contribution in [0.15, 0.2) is 4.79 Å². The molecule has 2 N–H and O–H groups in total. The van der Waals surface area contributed by atoms with Gasteiger partial charge in [-0.15, -0.1) is 9.78 Å². The zero-order chi connectivity index (χ0) is 9.30. The van der Waals surface area contributed by atoms with Gasteiger partial charge in [-0.2, -0.15) is 0 Å². The van der Waals surface area contributed by atoms with Gasteiger partial charge in [0.05, 0.1) is 0 Å². The number of aromatic nitrogens is 3. The average molecular weight is 171 g/mol. The maximum atomic E-state index is 10.7. The van der Waals surface area contributed by atoms with Gasteiger partial charge in [0.1, 0.15) is 0 Å². The summed E-state index contributed by atoms with van der Waals surface area (Å²) in [5, 5.41) is 11.6. The van der Waals surface area contributed by atoms with Crippen molar-refractivity contribution in [1.82, 2.24) is 14.8 Å². The molecule has 1 rings (SSSR count). The second-order valence-electron chi connectivity index (χ2n) is 2.01. The molecule has 1 heterocycles. The fraction of sp³-hybridized carbons (Fsp3) is 0.200. The first-order valence-electron chi connectivity index (χ1n) is 2.96. The normalized spacial score (nSPS) is 9.75. The number of aromatic carboxylic acids is 1. The van der Waals surface area contributed by atoms with Crippen molar-refractivity contribution >= 4 is 11.9 Å². The lowest BCUT2D eigenvalue weighted by atomic mass is 10.6. The van der Waals surface area contributed by atoms with E-state index in [9.17, 15) is 14.4 Å². The molecular weight excluding hydrogens is 166 g/mol. The summed E-state index contributed by atoms with van der Waals surface area (Å²) >= 11 is 0. The summed E-state index contributed by atoms with van der Waals surface area (Å²) in [4.78, 5) is 33.5. The first kappa shape index (κ1) is 8.18. The van der Waals surface area contributed by atoms with Crippen molar-refractivity contribution in [2.24, 2.45) is 0 Å². The highest BCUT2D eigenvalue weighted by atomic mass is 16.4. The lowest BCUT2D eigenvalue weighted by Gasteiger charge is -1.85. The van der Waals surface area contributed by atoms with Gasteiger partial charge in [-0.05, 0) is 0 Å². The first-order chi connectivity index (χ1) is 5.52. The Morgan fingerprint density at radius 3 is 2.42 bits per heavy atom. The van der Waals surface area contributed by atoms with E-state index in [0.717, 1.165) is 6.92 Å². The molecule has 1 aromatic heterocycles. The Kier molecular flexibility index (Phi) is 1.78. The van der Waals surface area contributed by atoms with Gasteiger partial charge in [-0.1, -0.05) is 0 Å². The van der Waals surface area contributed by atoms with E-state index in [-0.39, 0.29) is 0 Å². The zero-order valence-corrected chi connectivity index (χ0v) is 6.07. The van der Waals surface area contributed by atoms with E-state index in [1.807, 2.05) is 4.98 Å². The maximum Gasteiger partial charge on any atom is 0.373 e. The van der Waals surface area contributed by atoms with E-state index in [0.29, 0.717) is 4.68 Å². The van der Waals surface area contributed by atoms with Crippen molar-refractivity contribution in [3.8, 4) is 0 Å². The third-order valence-electron chi connectivity index (χ3n) is 1.12. The van der Waals surface area contributed by atoms with Crippen LogP contribution < -0.4 is 5.69 Å². The van der Waals surface area contributed by atoms with Crippen molar-refractivity contribution in [3.63, 3.8) is 0 Å². The largest absolute Gasteiger partial charge is 0.475 e. The summed E-state index contributed by atoms with van der Waals surface area (Å²) in [6, 6.07) is 0. The lowest BCUT2D eigenvalue weighted by Crippen LogP contribution is -2.22. The number of H-pyrrole nitrogens is 1. The van der Waals surface area contributed by atoms with E-state index >= 15 is 0 Å². The van der Waals surface area contributed by atoms with E-state index in [4.69, 9.17) is 5.11 Å². The average Bonchev–Trinajstić information content (AvgIpc) is 2.30. The van der Waals surface area contributed by atoms with Crippen LogP contribution in [-0.2, 0) is 0 Å². The van der Waals surface area contributed by atoms with Gasteiger partial charge >= 0.3 is 11.7 Å². The molecule has 7 heteroatoms. The highest BCUT2D eigenvalue weighted by molar-refractivity contribution is 5.83. The van der Waals surface area contributed by atoms with Crippen LogP contribution in [0.1, 0.15) is 22.3 Å². The Balaban J connectivity index is 3.27. The standard InChI is InChI=1S/C5H5N3O4/c1-2(9)8-5(12)6-3(7-8)4(10)11/h1H3,(H,10,11)(H,6,7,12). The molecule has 0 bridgehead atoms. The predicted molar refractivity (Wildman–Crippen MR) is 36.1 cm³/mol. The number of rotatable bonds is 1. The number of carboxylic acid groups (broad SMARTS) is 1. The number of carboxylic acids is 1. The first-order valence-corrected chi connectivity index (χ1v) is 2.96. The topological polar surface area (TPSA) is 105 Å². The minimum Gasteiger partial charge on any atom is -0.475 e. The fourth-order valence-electron chi connectivity index (χ4n) is 0.634. The highest BCUT2D eigenvalue weighted by Crippen LogP contribution is 1.83. The van der Waals surface area contributed by atoms with E-state index in [2.05, 4.69) is 5.10 Å². The van der Waals surface area contributed by atoms with Gasteiger partial charge in [0.25, 0.3) is 0 Å². The van der Waals surface area contributed by atoms with Crippen molar-refractivity contribution < 1.29 is 14.7 Å². The molecular formula is C5H5N3O4. The molecule has 0 aliphatic carbocycles. The summed E-state index contributed by atoms with van der Waals surface area (Å²) in [6.07, 6.45) is 0. The summed E-state index contributed by atoms with van der Waals surface area (Å²) in [5.41, 5.74) is -0.847. The Hall–Kier alpha value is -1.92. The van der Waals surface area contributed by atoms with Gasteiger partial charge in [-0.25, -0.2) is 9.59 Å². The lowest BCUT2D eigenvalue weighted by molar-refractivity contribution is 0.0683. The maximum absolute atomic E-state index is 10.7. The van der Waals surface area contributed by atoms with Crippen molar-refractivity contribution in [1.29, 1.82) is 0 Å². The Labute approximate surface area is 65.6 Å². The van der Waals surface area contributed by atoms with Crippen LogP contribution in [0.2, 0.25) is 0 Å². The minimum absolute atomic E-state index is 0.448. The molecule has 0 spiro atoms. The predicted octanol–water partition coefficient (Wildman–Crippen LogP) is -1.07. The molecule has 0 unspecified atom stereocenters. The molecule has 1 aromatic rings. The van der Waals surface area contributed by atoms with Crippen molar-refractivity contribution in [2.45, 2.75) is 6.92 Å². The van der Waals surface area contributed by atoms with Crippen LogP contribution in [0, 0.1) is 0 Å².